The molecule has 0 aromatic rings. The Morgan fingerprint density at radius 1 is 1.06 bits per heavy atom. The number of halogens is 3. The molecule has 2 fully saturated rings. The van der Waals surface area contributed by atoms with Gasteiger partial charge in [-0.3, -0.25) is 4.79 Å². The van der Waals surface area contributed by atoms with Gasteiger partial charge in [-0.1, -0.05) is 0 Å². The Morgan fingerprint density at radius 3 is 2.10 bits per heavy atom. The van der Waals surface area contributed by atoms with E-state index in [1.54, 1.807) is 6.92 Å². The number of carboxylic acid groups (broad SMARTS) is 1. The molecule has 13 heteroatoms. The summed E-state index contributed by atoms with van der Waals surface area (Å²) in [5.41, 5.74) is 0. The number of aliphatic carboxylic acids is 1. The highest BCUT2D eigenvalue weighted by molar-refractivity contribution is 7.89. The van der Waals surface area contributed by atoms with Crippen LogP contribution in [0.3, 0.4) is 0 Å². The minimum absolute atomic E-state index is 0.0624. The highest BCUT2D eigenvalue weighted by atomic mass is 32.2. The van der Waals surface area contributed by atoms with Crippen molar-refractivity contribution in [1.82, 2.24) is 19.4 Å². The summed E-state index contributed by atoms with van der Waals surface area (Å²) >= 11 is 0. The van der Waals surface area contributed by atoms with Crippen LogP contribution in [0.15, 0.2) is 0 Å². The minimum Gasteiger partial charge on any atom is -0.475 e. The molecule has 0 aliphatic carbocycles. The van der Waals surface area contributed by atoms with Crippen LogP contribution in [0.1, 0.15) is 32.6 Å². The summed E-state index contributed by atoms with van der Waals surface area (Å²) in [6.07, 6.45) is -1.48. The lowest BCUT2D eigenvalue weighted by Gasteiger charge is -2.29. The van der Waals surface area contributed by atoms with E-state index in [0.29, 0.717) is 26.2 Å². The fourth-order valence-electron chi connectivity index (χ4n) is 3.34. The van der Waals surface area contributed by atoms with E-state index in [-0.39, 0.29) is 18.1 Å². The molecule has 2 N–H and O–H groups in total. The van der Waals surface area contributed by atoms with Crippen molar-refractivity contribution in [2.45, 2.75) is 38.8 Å². The van der Waals surface area contributed by atoms with Crippen LogP contribution in [0.2, 0.25) is 0 Å². The van der Waals surface area contributed by atoms with E-state index in [1.165, 1.54) is 17.1 Å². The summed E-state index contributed by atoms with van der Waals surface area (Å²) in [5, 5.41) is 10.3. The van der Waals surface area contributed by atoms with Crippen LogP contribution in [0, 0.1) is 0 Å². The largest absolute Gasteiger partial charge is 0.490 e. The highest BCUT2D eigenvalue weighted by Gasteiger charge is 2.38. The van der Waals surface area contributed by atoms with Crippen molar-refractivity contribution in [3.05, 3.63) is 0 Å². The molecular formula is C18H33F3N4O5S. The van der Waals surface area contributed by atoms with Crippen molar-refractivity contribution in [2.75, 3.05) is 64.7 Å². The zero-order valence-corrected chi connectivity index (χ0v) is 18.7. The quantitative estimate of drug-likeness (QED) is 0.503. The number of carbonyl (C=O) groups is 2. The standard InChI is InChI=1S/C16H32N4O3S.C2HF3O2/c1-2-24(22,23)20(12-5-11-18-9-3-4-10-18)13-6-16(21)19-14-7-17-8-15-19;3-2(4,5)1(6)7/h17H,2-15H2,1H3;(H,6,7). The van der Waals surface area contributed by atoms with E-state index in [2.05, 4.69) is 10.2 Å². The van der Waals surface area contributed by atoms with Gasteiger partial charge < -0.3 is 20.2 Å². The van der Waals surface area contributed by atoms with Gasteiger partial charge in [0, 0.05) is 45.7 Å². The maximum absolute atomic E-state index is 12.3. The number of hydrogen-bond donors (Lipinski definition) is 2. The highest BCUT2D eigenvalue weighted by Crippen LogP contribution is 2.13. The summed E-state index contributed by atoms with van der Waals surface area (Å²) in [6.45, 7) is 8.76. The maximum Gasteiger partial charge on any atom is 0.490 e. The van der Waals surface area contributed by atoms with Crippen LogP contribution < -0.4 is 5.32 Å². The number of hydrogen-bond acceptors (Lipinski definition) is 6. The van der Waals surface area contributed by atoms with Gasteiger partial charge in [0.1, 0.15) is 0 Å². The van der Waals surface area contributed by atoms with Crippen molar-refractivity contribution in [3.63, 3.8) is 0 Å². The third kappa shape index (κ3) is 10.6. The SMILES string of the molecule is CCS(=O)(=O)N(CCCN1CCCC1)CCC(=O)N1CCNCC1.O=C(O)C(F)(F)F. The number of rotatable bonds is 9. The monoisotopic (exact) mass is 474 g/mol. The molecule has 0 spiro atoms. The zero-order valence-electron chi connectivity index (χ0n) is 17.9. The van der Waals surface area contributed by atoms with Gasteiger partial charge in [0.05, 0.1) is 5.75 Å². The first kappa shape index (κ1) is 27.6. The van der Waals surface area contributed by atoms with Gasteiger partial charge in [-0.2, -0.15) is 13.2 Å². The first-order chi connectivity index (χ1) is 14.5. The molecule has 0 aromatic carbocycles. The smallest absolute Gasteiger partial charge is 0.475 e. The van der Waals surface area contributed by atoms with E-state index in [4.69, 9.17) is 9.90 Å². The fourth-order valence-corrected chi connectivity index (χ4v) is 4.48. The minimum atomic E-state index is -5.08. The van der Waals surface area contributed by atoms with E-state index >= 15 is 0 Å². The molecule has 0 unspecified atom stereocenters. The van der Waals surface area contributed by atoms with Gasteiger partial charge >= 0.3 is 12.1 Å². The van der Waals surface area contributed by atoms with Crippen LogP contribution in [0.5, 0.6) is 0 Å². The lowest BCUT2D eigenvalue weighted by atomic mass is 10.3. The summed E-state index contributed by atoms with van der Waals surface area (Å²) in [5.74, 6) is -2.60. The summed E-state index contributed by atoms with van der Waals surface area (Å²) in [4.78, 5) is 25.4. The van der Waals surface area contributed by atoms with E-state index in [0.717, 1.165) is 39.1 Å². The summed E-state index contributed by atoms with van der Waals surface area (Å²) < 4.78 is 57.8. The number of sulfonamides is 1. The Hall–Kier alpha value is -1.44. The molecule has 0 bridgehead atoms. The Balaban J connectivity index is 0.000000592. The second-order valence-corrected chi connectivity index (χ2v) is 9.64. The van der Waals surface area contributed by atoms with Crippen molar-refractivity contribution in [3.8, 4) is 0 Å². The molecular weight excluding hydrogens is 441 g/mol. The number of likely N-dealkylation sites (tertiary alicyclic amines) is 1. The second-order valence-electron chi connectivity index (χ2n) is 7.39. The Kier molecular flexibility index (Phi) is 11.7. The van der Waals surface area contributed by atoms with E-state index in [9.17, 15) is 26.4 Å². The fraction of sp³-hybridized carbons (Fsp3) is 0.889. The second kappa shape index (κ2) is 13.2. The average Bonchev–Trinajstić information content (AvgIpc) is 3.24. The van der Waals surface area contributed by atoms with E-state index in [1.807, 2.05) is 4.90 Å². The van der Waals surface area contributed by atoms with Gasteiger partial charge in [-0.05, 0) is 45.8 Å². The molecule has 0 saturated carbocycles. The number of alkyl halides is 3. The van der Waals surface area contributed by atoms with Gasteiger partial charge in [0.15, 0.2) is 0 Å². The molecule has 2 saturated heterocycles. The lowest BCUT2D eigenvalue weighted by Crippen LogP contribution is -2.47. The zero-order chi connectivity index (χ0) is 23.5. The van der Waals surface area contributed by atoms with Gasteiger partial charge in [0.2, 0.25) is 15.9 Å². The van der Waals surface area contributed by atoms with Crippen molar-refractivity contribution in [1.29, 1.82) is 0 Å². The number of carbonyl (C=O) groups excluding carboxylic acids is 1. The number of nitrogens with one attached hydrogen (secondary N) is 1. The van der Waals surface area contributed by atoms with Crippen molar-refractivity contribution in [2.24, 2.45) is 0 Å². The van der Waals surface area contributed by atoms with Crippen LogP contribution >= 0.6 is 0 Å². The Bertz CT molecular complexity index is 664. The predicted octanol–water partition coefficient (Wildman–Crippen LogP) is 0.579. The van der Waals surface area contributed by atoms with Crippen LogP contribution in [0.4, 0.5) is 13.2 Å². The van der Waals surface area contributed by atoms with Gasteiger partial charge in [-0.25, -0.2) is 17.5 Å². The molecule has 0 radical (unpaired) electrons. The number of piperazine rings is 1. The average molecular weight is 475 g/mol. The summed E-state index contributed by atoms with van der Waals surface area (Å²) in [6, 6.07) is 0. The van der Waals surface area contributed by atoms with Crippen LogP contribution in [-0.2, 0) is 19.6 Å². The normalized spacial score (nSPS) is 18.0. The number of amides is 1. The Morgan fingerprint density at radius 2 is 1.61 bits per heavy atom. The van der Waals surface area contributed by atoms with E-state index < -0.39 is 22.2 Å². The molecule has 0 aromatic heterocycles. The molecule has 31 heavy (non-hydrogen) atoms. The van der Waals surface area contributed by atoms with Gasteiger partial charge in [-0.15, -0.1) is 0 Å². The molecule has 182 valence electrons. The lowest BCUT2D eigenvalue weighted by molar-refractivity contribution is -0.192. The van der Waals surface area contributed by atoms with Crippen LogP contribution in [0.25, 0.3) is 0 Å². The molecule has 2 heterocycles. The number of nitrogens with zero attached hydrogens (tertiary/aromatic N) is 3. The first-order valence-electron chi connectivity index (χ1n) is 10.5. The van der Waals surface area contributed by atoms with Gasteiger partial charge in [0.25, 0.3) is 0 Å². The summed E-state index contributed by atoms with van der Waals surface area (Å²) in [7, 11) is -3.25. The van der Waals surface area contributed by atoms with Crippen molar-refractivity contribution >= 4 is 21.9 Å². The molecule has 9 nitrogen and oxygen atoms in total. The molecule has 2 aliphatic rings. The first-order valence-corrected chi connectivity index (χ1v) is 12.1. The third-order valence-corrected chi connectivity index (χ3v) is 7.01. The Labute approximate surface area is 181 Å². The molecule has 0 atom stereocenters. The maximum atomic E-state index is 12.3. The van der Waals surface area contributed by atoms with Crippen LogP contribution in [-0.4, -0.2) is 110 Å². The topological polar surface area (TPSA) is 110 Å². The predicted molar refractivity (Wildman–Crippen MR) is 109 cm³/mol. The molecule has 2 rings (SSSR count). The molecule has 2 aliphatic heterocycles. The third-order valence-electron chi connectivity index (χ3n) is 5.13. The van der Waals surface area contributed by atoms with Crippen molar-refractivity contribution < 1.29 is 36.3 Å². The number of carboxylic acids is 1. The molecule has 1 amide bonds.